The molecule has 2 N–H and O–H groups in total. The van der Waals surface area contributed by atoms with Crippen molar-refractivity contribution in [3.05, 3.63) is 58.9 Å². The molecule has 6 heteroatoms. The van der Waals surface area contributed by atoms with Crippen LogP contribution in [0, 0.1) is 5.82 Å². The summed E-state index contributed by atoms with van der Waals surface area (Å²) in [6.45, 7) is 2.82. The molecule has 2 rings (SSSR count). The molecule has 0 atom stereocenters. The van der Waals surface area contributed by atoms with Crippen molar-refractivity contribution >= 4 is 29.1 Å². The molecule has 23 heavy (non-hydrogen) atoms. The van der Waals surface area contributed by atoms with Gasteiger partial charge in [0.1, 0.15) is 5.82 Å². The standard InChI is InChI=1S/C17H18ClFN2O2/c1-2-9-23-17(22)21-16-8-7-14(10-15(16)18)20-11-12-3-5-13(19)6-4-12/h3-8,10,20H,2,9,11H2,1H3,(H,21,22). The van der Waals surface area contributed by atoms with Gasteiger partial charge in [-0.1, -0.05) is 30.7 Å². The Bertz CT molecular complexity index is 662. The normalized spacial score (nSPS) is 10.2. The van der Waals surface area contributed by atoms with E-state index < -0.39 is 6.09 Å². The van der Waals surface area contributed by atoms with Gasteiger partial charge in [-0.25, -0.2) is 9.18 Å². The number of nitrogens with one attached hydrogen (secondary N) is 2. The van der Waals surface area contributed by atoms with E-state index in [1.165, 1.54) is 12.1 Å². The lowest BCUT2D eigenvalue weighted by atomic mass is 10.2. The van der Waals surface area contributed by atoms with Crippen LogP contribution in [0.5, 0.6) is 0 Å². The van der Waals surface area contributed by atoms with E-state index in [1.54, 1.807) is 30.3 Å². The van der Waals surface area contributed by atoms with Crippen molar-refractivity contribution < 1.29 is 13.9 Å². The predicted octanol–water partition coefficient (Wildman–Crippen LogP) is 5.05. The SMILES string of the molecule is CCCOC(=O)Nc1ccc(NCc2ccc(F)cc2)cc1Cl. The lowest BCUT2D eigenvalue weighted by molar-refractivity contribution is 0.161. The molecule has 2 aromatic rings. The summed E-state index contributed by atoms with van der Waals surface area (Å²) < 4.78 is 17.8. The predicted molar refractivity (Wildman–Crippen MR) is 90.4 cm³/mol. The zero-order chi connectivity index (χ0) is 16.7. The van der Waals surface area contributed by atoms with Crippen molar-refractivity contribution in [1.82, 2.24) is 0 Å². The Morgan fingerprint density at radius 2 is 1.96 bits per heavy atom. The van der Waals surface area contributed by atoms with Crippen LogP contribution < -0.4 is 10.6 Å². The van der Waals surface area contributed by atoms with Gasteiger partial charge in [0.25, 0.3) is 0 Å². The van der Waals surface area contributed by atoms with E-state index in [2.05, 4.69) is 10.6 Å². The largest absolute Gasteiger partial charge is 0.449 e. The van der Waals surface area contributed by atoms with Gasteiger partial charge in [-0.3, -0.25) is 5.32 Å². The molecule has 1 amide bonds. The molecule has 2 aromatic carbocycles. The molecule has 4 nitrogen and oxygen atoms in total. The van der Waals surface area contributed by atoms with Gasteiger partial charge >= 0.3 is 6.09 Å². The molecular weight excluding hydrogens is 319 g/mol. The van der Waals surface area contributed by atoms with E-state index in [-0.39, 0.29) is 5.82 Å². The number of hydrogen-bond donors (Lipinski definition) is 2. The van der Waals surface area contributed by atoms with Crippen molar-refractivity contribution in [3.63, 3.8) is 0 Å². The lowest BCUT2D eigenvalue weighted by Gasteiger charge is -2.11. The molecule has 0 radical (unpaired) electrons. The molecule has 0 spiro atoms. The number of ether oxygens (including phenoxy) is 1. The topological polar surface area (TPSA) is 50.4 Å². The minimum atomic E-state index is -0.527. The smallest absolute Gasteiger partial charge is 0.411 e. The fourth-order valence-corrected chi connectivity index (χ4v) is 2.10. The highest BCUT2D eigenvalue weighted by molar-refractivity contribution is 6.33. The quantitative estimate of drug-likeness (QED) is 0.776. The number of hydrogen-bond acceptors (Lipinski definition) is 3. The summed E-state index contributed by atoms with van der Waals surface area (Å²) in [5, 5.41) is 6.18. The second-order valence-corrected chi connectivity index (χ2v) is 5.34. The second kappa shape index (κ2) is 8.39. The average Bonchev–Trinajstić information content (AvgIpc) is 2.54. The van der Waals surface area contributed by atoms with Crippen molar-refractivity contribution in [2.75, 3.05) is 17.2 Å². The third-order valence-electron chi connectivity index (χ3n) is 3.05. The number of carbonyl (C=O) groups is 1. The summed E-state index contributed by atoms with van der Waals surface area (Å²) in [4.78, 5) is 11.5. The summed E-state index contributed by atoms with van der Waals surface area (Å²) in [6.07, 6.45) is 0.230. The van der Waals surface area contributed by atoms with Crippen LogP contribution in [0.1, 0.15) is 18.9 Å². The maximum absolute atomic E-state index is 12.8. The van der Waals surface area contributed by atoms with E-state index in [0.717, 1.165) is 17.7 Å². The zero-order valence-electron chi connectivity index (χ0n) is 12.7. The van der Waals surface area contributed by atoms with Gasteiger partial charge in [0.05, 0.1) is 17.3 Å². The first-order valence-corrected chi connectivity index (χ1v) is 7.68. The first kappa shape index (κ1) is 17.1. The first-order valence-electron chi connectivity index (χ1n) is 7.30. The minimum Gasteiger partial charge on any atom is -0.449 e. The average molecular weight is 337 g/mol. The summed E-state index contributed by atoms with van der Waals surface area (Å²) >= 11 is 6.15. The van der Waals surface area contributed by atoms with Crippen LogP contribution in [0.15, 0.2) is 42.5 Å². The highest BCUT2D eigenvalue weighted by Crippen LogP contribution is 2.26. The van der Waals surface area contributed by atoms with Crippen molar-refractivity contribution in [2.45, 2.75) is 19.9 Å². The number of halogens is 2. The van der Waals surface area contributed by atoms with E-state index in [0.29, 0.717) is 23.9 Å². The summed E-state index contributed by atoms with van der Waals surface area (Å²) in [5.41, 5.74) is 2.24. The summed E-state index contributed by atoms with van der Waals surface area (Å²) in [5.74, 6) is -0.262. The highest BCUT2D eigenvalue weighted by Gasteiger charge is 2.07. The third kappa shape index (κ3) is 5.45. The monoisotopic (exact) mass is 336 g/mol. The molecule has 0 aliphatic rings. The third-order valence-corrected chi connectivity index (χ3v) is 3.37. The molecule has 0 aliphatic heterocycles. The van der Waals surface area contributed by atoms with Gasteiger partial charge in [-0.2, -0.15) is 0 Å². The fraction of sp³-hybridized carbons (Fsp3) is 0.235. The maximum atomic E-state index is 12.8. The summed E-state index contributed by atoms with van der Waals surface area (Å²) in [7, 11) is 0. The Hall–Kier alpha value is -2.27. The van der Waals surface area contributed by atoms with Gasteiger partial charge in [-0.15, -0.1) is 0 Å². The maximum Gasteiger partial charge on any atom is 0.411 e. The van der Waals surface area contributed by atoms with Crippen LogP contribution in [0.25, 0.3) is 0 Å². The minimum absolute atomic E-state index is 0.262. The zero-order valence-corrected chi connectivity index (χ0v) is 13.5. The molecule has 0 saturated carbocycles. The van der Waals surface area contributed by atoms with Crippen molar-refractivity contribution in [3.8, 4) is 0 Å². The number of amides is 1. The van der Waals surface area contributed by atoms with E-state index >= 15 is 0 Å². The fourth-order valence-electron chi connectivity index (χ4n) is 1.87. The van der Waals surface area contributed by atoms with E-state index in [4.69, 9.17) is 16.3 Å². The Labute approximate surface area is 139 Å². The molecule has 0 unspecified atom stereocenters. The van der Waals surface area contributed by atoms with Gasteiger partial charge < -0.3 is 10.1 Å². The molecule has 0 bridgehead atoms. The van der Waals surface area contributed by atoms with Gasteiger partial charge in [0.2, 0.25) is 0 Å². The van der Waals surface area contributed by atoms with E-state index in [9.17, 15) is 9.18 Å². The van der Waals surface area contributed by atoms with Crippen LogP contribution in [-0.4, -0.2) is 12.7 Å². The van der Waals surface area contributed by atoms with Crippen LogP contribution >= 0.6 is 11.6 Å². The van der Waals surface area contributed by atoms with Gasteiger partial charge in [0, 0.05) is 12.2 Å². The molecule has 0 aliphatic carbocycles. The van der Waals surface area contributed by atoms with Gasteiger partial charge in [-0.05, 0) is 42.3 Å². The Morgan fingerprint density at radius 1 is 1.22 bits per heavy atom. The number of carbonyl (C=O) groups excluding carboxylic acids is 1. The van der Waals surface area contributed by atoms with Crippen LogP contribution in [0.4, 0.5) is 20.6 Å². The first-order chi connectivity index (χ1) is 11.1. The molecule has 0 aromatic heterocycles. The molecule has 122 valence electrons. The number of benzene rings is 2. The second-order valence-electron chi connectivity index (χ2n) is 4.94. The van der Waals surface area contributed by atoms with Gasteiger partial charge in [0.15, 0.2) is 0 Å². The van der Waals surface area contributed by atoms with Crippen LogP contribution in [0.2, 0.25) is 5.02 Å². The number of anilines is 2. The van der Waals surface area contributed by atoms with E-state index in [1.807, 2.05) is 6.92 Å². The molecule has 0 saturated heterocycles. The van der Waals surface area contributed by atoms with Crippen molar-refractivity contribution in [2.24, 2.45) is 0 Å². The lowest BCUT2D eigenvalue weighted by Crippen LogP contribution is -2.14. The van der Waals surface area contributed by atoms with Crippen LogP contribution in [-0.2, 0) is 11.3 Å². The summed E-state index contributed by atoms with van der Waals surface area (Å²) in [6, 6.07) is 11.5. The Kier molecular flexibility index (Phi) is 6.23. The highest BCUT2D eigenvalue weighted by atomic mass is 35.5. The Morgan fingerprint density at radius 3 is 2.61 bits per heavy atom. The molecule has 0 fully saturated rings. The Balaban J connectivity index is 1.93. The van der Waals surface area contributed by atoms with Crippen LogP contribution in [0.3, 0.4) is 0 Å². The molecular formula is C17H18ClFN2O2. The molecule has 0 heterocycles. The van der Waals surface area contributed by atoms with Crippen molar-refractivity contribution in [1.29, 1.82) is 0 Å². The number of rotatable bonds is 6.